The molecule has 2 bridgehead atoms. The lowest BCUT2D eigenvalue weighted by molar-refractivity contribution is 0.438. The van der Waals surface area contributed by atoms with Crippen molar-refractivity contribution in [2.24, 2.45) is 11.8 Å². The molecule has 0 aromatic carbocycles. The van der Waals surface area contributed by atoms with Crippen LogP contribution in [0.2, 0.25) is 0 Å². The van der Waals surface area contributed by atoms with Gasteiger partial charge in [0, 0.05) is 12.2 Å². The average Bonchev–Trinajstić information content (AvgIpc) is 2.92. The molecule has 1 N–H and O–H groups in total. The Labute approximate surface area is 97.5 Å². The maximum atomic E-state index is 4.49. The van der Waals surface area contributed by atoms with Crippen molar-refractivity contribution >= 4 is 5.82 Å². The highest BCUT2D eigenvalue weighted by Crippen LogP contribution is 2.45. The van der Waals surface area contributed by atoms with Crippen molar-refractivity contribution in [1.29, 1.82) is 0 Å². The van der Waals surface area contributed by atoms with Crippen molar-refractivity contribution in [3.8, 4) is 0 Å². The van der Waals surface area contributed by atoms with E-state index in [1.54, 1.807) is 0 Å². The van der Waals surface area contributed by atoms with E-state index in [9.17, 15) is 0 Å². The minimum Gasteiger partial charge on any atom is -0.367 e. The van der Waals surface area contributed by atoms with Crippen LogP contribution < -0.4 is 5.32 Å². The topological polar surface area (TPSA) is 24.9 Å². The molecular formula is C14H20N2. The molecular weight excluding hydrogens is 196 g/mol. The number of nitrogens with zero attached hydrogens (tertiary/aromatic N) is 1. The molecule has 1 aromatic heterocycles. The Balaban J connectivity index is 1.74. The molecule has 86 valence electrons. The van der Waals surface area contributed by atoms with Crippen LogP contribution in [0.5, 0.6) is 0 Å². The predicted octanol–water partition coefficient (Wildman–Crippen LogP) is 3.24. The van der Waals surface area contributed by atoms with Gasteiger partial charge in [-0.3, -0.25) is 0 Å². The normalized spacial score (nSPS) is 31.9. The number of nitrogens with one attached hydrogen (secondary N) is 1. The lowest BCUT2D eigenvalue weighted by Crippen LogP contribution is -2.26. The molecule has 2 aliphatic rings. The van der Waals surface area contributed by atoms with Crippen LogP contribution in [0.25, 0.3) is 0 Å². The van der Waals surface area contributed by atoms with E-state index in [0.29, 0.717) is 6.04 Å². The quantitative estimate of drug-likeness (QED) is 0.839. The van der Waals surface area contributed by atoms with Gasteiger partial charge < -0.3 is 5.32 Å². The molecule has 2 aliphatic carbocycles. The summed E-state index contributed by atoms with van der Waals surface area (Å²) in [6, 6.07) is 4.91. The molecule has 1 aromatic rings. The van der Waals surface area contributed by atoms with E-state index in [1.165, 1.54) is 31.2 Å². The number of pyridine rings is 1. The van der Waals surface area contributed by atoms with Crippen LogP contribution in [-0.2, 0) is 6.42 Å². The van der Waals surface area contributed by atoms with Gasteiger partial charge in [0.1, 0.15) is 5.82 Å². The van der Waals surface area contributed by atoms with E-state index in [4.69, 9.17) is 0 Å². The first kappa shape index (κ1) is 10.1. The minimum atomic E-state index is 0.693. The summed E-state index contributed by atoms with van der Waals surface area (Å²) in [5.41, 5.74) is 1.35. The lowest BCUT2D eigenvalue weighted by Gasteiger charge is -2.24. The first-order chi connectivity index (χ1) is 7.86. The maximum absolute atomic E-state index is 4.49. The van der Waals surface area contributed by atoms with Crippen LogP contribution in [0.3, 0.4) is 0 Å². The zero-order valence-electron chi connectivity index (χ0n) is 9.95. The molecule has 16 heavy (non-hydrogen) atoms. The minimum absolute atomic E-state index is 0.693. The van der Waals surface area contributed by atoms with E-state index >= 15 is 0 Å². The average molecular weight is 216 g/mol. The second kappa shape index (κ2) is 4.08. The number of hydrogen-bond donors (Lipinski definition) is 1. The number of hydrogen-bond acceptors (Lipinski definition) is 2. The van der Waals surface area contributed by atoms with Crippen molar-refractivity contribution in [3.63, 3.8) is 0 Å². The molecule has 2 nitrogen and oxygen atoms in total. The summed E-state index contributed by atoms with van der Waals surface area (Å²) in [5.74, 6) is 3.04. The fourth-order valence-corrected chi connectivity index (χ4v) is 3.45. The van der Waals surface area contributed by atoms with Crippen LogP contribution in [0.15, 0.2) is 18.3 Å². The molecule has 0 saturated heterocycles. The van der Waals surface area contributed by atoms with Crippen molar-refractivity contribution in [1.82, 2.24) is 4.98 Å². The molecule has 2 fully saturated rings. The maximum Gasteiger partial charge on any atom is 0.129 e. The third-order valence-corrected chi connectivity index (χ3v) is 4.33. The number of rotatable bonds is 3. The van der Waals surface area contributed by atoms with Crippen LogP contribution >= 0.6 is 0 Å². The van der Waals surface area contributed by atoms with E-state index in [-0.39, 0.29) is 0 Å². The van der Waals surface area contributed by atoms with Gasteiger partial charge in [-0.05, 0) is 49.1 Å². The Hall–Kier alpha value is -1.05. The summed E-state index contributed by atoms with van der Waals surface area (Å²) in [5, 5.41) is 3.68. The van der Waals surface area contributed by atoms with Crippen molar-refractivity contribution in [2.45, 2.75) is 45.1 Å². The SMILES string of the molecule is CCc1cccnc1NC1CC2CCC1C2. The fourth-order valence-electron chi connectivity index (χ4n) is 3.45. The Morgan fingerprint density at radius 2 is 2.31 bits per heavy atom. The molecule has 3 unspecified atom stereocenters. The largest absolute Gasteiger partial charge is 0.367 e. The van der Waals surface area contributed by atoms with Crippen LogP contribution in [0.1, 0.15) is 38.2 Å². The molecule has 2 saturated carbocycles. The van der Waals surface area contributed by atoms with Gasteiger partial charge >= 0.3 is 0 Å². The summed E-state index contributed by atoms with van der Waals surface area (Å²) in [7, 11) is 0. The molecule has 0 spiro atoms. The first-order valence-corrected chi connectivity index (χ1v) is 6.57. The Morgan fingerprint density at radius 1 is 1.38 bits per heavy atom. The van der Waals surface area contributed by atoms with Crippen LogP contribution in [0.4, 0.5) is 5.82 Å². The summed E-state index contributed by atoms with van der Waals surface area (Å²) in [6.45, 7) is 2.20. The van der Waals surface area contributed by atoms with Gasteiger partial charge in [-0.25, -0.2) is 4.98 Å². The zero-order valence-corrected chi connectivity index (χ0v) is 9.95. The zero-order chi connectivity index (χ0) is 11.0. The predicted molar refractivity (Wildman–Crippen MR) is 66.5 cm³/mol. The fraction of sp³-hybridized carbons (Fsp3) is 0.643. The molecule has 1 heterocycles. The van der Waals surface area contributed by atoms with E-state index in [0.717, 1.165) is 24.1 Å². The summed E-state index contributed by atoms with van der Waals surface area (Å²) in [6.07, 6.45) is 8.67. The number of aryl methyl sites for hydroxylation is 1. The smallest absolute Gasteiger partial charge is 0.129 e. The van der Waals surface area contributed by atoms with E-state index < -0.39 is 0 Å². The second-order valence-corrected chi connectivity index (χ2v) is 5.29. The molecule has 0 radical (unpaired) electrons. The van der Waals surface area contributed by atoms with Crippen molar-refractivity contribution in [3.05, 3.63) is 23.9 Å². The van der Waals surface area contributed by atoms with Crippen LogP contribution in [-0.4, -0.2) is 11.0 Å². The number of anilines is 1. The first-order valence-electron chi connectivity index (χ1n) is 6.57. The molecule has 3 rings (SSSR count). The summed E-state index contributed by atoms with van der Waals surface area (Å²) >= 11 is 0. The summed E-state index contributed by atoms with van der Waals surface area (Å²) < 4.78 is 0. The third kappa shape index (κ3) is 1.70. The van der Waals surface area contributed by atoms with E-state index in [2.05, 4.69) is 23.3 Å². The van der Waals surface area contributed by atoms with Gasteiger partial charge in [-0.2, -0.15) is 0 Å². The van der Waals surface area contributed by atoms with Gasteiger partial charge in [0.25, 0.3) is 0 Å². The lowest BCUT2D eigenvalue weighted by atomic mass is 9.95. The Morgan fingerprint density at radius 3 is 3.00 bits per heavy atom. The highest BCUT2D eigenvalue weighted by atomic mass is 15.0. The van der Waals surface area contributed by atoms with Gasteiger partial charge in [0.05, 0.1) is 0 Å². The van der Waals surface area contributed by atoms with Gasteiger partial charge in [0.2, 0.25) is 0 Å². The third-order valence-electron chi connectivity index (χ3n) is 4.33. The standard InChI is InChI=1S/C14H20N2/c1-2-11-4-3-7-15-14(11)16-13-9-10-5-6-12(13)8-10/h3-4,7,10,12-13H,2,5-6,8-9H2,1H3,(H,15,16). The second-order valence-electron chi connectivity index (χ2n) is 5.29. The van der Waals surface area contributed by atoms with Crippen LogP contribution in [0, 0.1) is 11.8 Å². The summed E-state index contributed by atoms with van der Waals surface area (Å²) in [4.78, 5) is 4.49. The molecule has 2 heteroatoms. The molecule has 0 aliphatic heterocycles. The highest BCUT2D eigenvalue weighted by molar-refractivity contribution is 5.45. The van der Waals surface area contributed by atoms with E-state index in [1.807, 2.05) is 12.3 Å². The van der Waals surface area contributed by atoms with Crippen molar-refractivity contribution in [2.75, 3.05) is 5.32 Å². The highest BCUT2D eigenvalue weighted by Gasteiger charge is 2.39. The van der Waals surface area contributed by atoms with Gasteiger partial charge in [-0.15, -0.1) is 0 Å². The Kier molecular flexibility index (Phi) is 2.58. The molecule has 3 atom stereocenters. The van der Waals surface area contributed by atoms with Gasteiger partial charge in [0.15, 0.2) is 0 Å². The monoisotopic (exact) mass is 216 g/mol. The van der Waals surface area contributed by atoms with Crippen molar-refractivity contribution < 1.29 is 0 Å². The molecule has 0 amide bonds. The number of aromatic nitrogens is 1. The Bertz CT molecular complexity index is 375. The number of fused-ring (bicyclic) bond motifs is 2. The van der Waals surface area contributed by atoms with Gasteiger partial charge in [-0.1, -0.05) is 19.4 Å².